The Hall–Kier alpha value is -2.16. The number of nitrogens with one attached hydrogen (secondary N) is 1. The van der Waals surface area contributed by atoms with E-state index in [0.29, 0.717) is 43.2 Å². The van der Waals surface area contributed by atoms with Gasteiger partial charge >= 0.3 is 0 Å². The van der Waals surface area contributed by atoms with E-state index in [-0.39, 0.29) is 17.3 Å². The van der Waals surface area contributed by atoms with Crippen LogP contribution in [0.15, 0.2) is 45.9 Å². The maximum atomic E-state index is 12.9. The van der Waals surface area contributed by atoms with Crippen LogP contribution in [0.25, 0.3) is 0 Å². The first-order valence-electron chi connectivity index (χ1n) is 7.98. The van der Waals surface area contributed by atoms with Gasteiger partial charge < -0.3 is 14.5 Å². The number of aryl methyl sites for hydroxylation is 1. The van der Waals surface area contributed by atoms with E-state index in [1.54, 1.807) is 37.3 Å². The van der Waals surface area contributed by atoms with Crippen LogP contribution in [-0.4, -0.2) is 44.9 Å². The standard InChI is InChI=1S/C17H20N2O5S/c1-13-15(6-9-24-13)17(20)18-12-14-4-2-3-5-16(14)25(21,22)19-7-10-23-11-8-19/h2-6,9H,7-8,10-12H2,1H3,(H,18,20). The number of benzene rings is 1. The molecule has 8 heteroatoms. The summed E-state index contributed by atoms with van der Waals surface area (Å²) in [6.45, 7) is 3.25. The average molecular weight is 364 g/mol. The molecule has 1 fully saturated rings. The molecule has 7 nitrogen and oxygen atoms in total. The summed E-state index contributed by atoms with van der Waals surface area (Å²) in [5.41, 5.74) is 0.983. The molecule has 2 aromatic rings. The zero-order valence-electron chi connectivity index (χ0n) is 13.9. The lowest BCUT2D eigenvalue weighted by atomic mass is 10.2. The Bertz CT molecular complexity index is 853. The highest BCUT2D eigenvalue weighted by atomic mass is 32.2. The Kier molecular flexibility index (Phi) is 5.22. The zero-order chi connectivity index (χ0) is 17.9. The molecular weight excluding hydrogens is 344 g/mol. The maximum absolute atomic E-state index is 12.9. The van der Waals surface area contributed by atoms with Crippen molar-refractivity contribution in [3.05, 3.63) is 53.5 Å². The van der Waals surface area contributed by atoms with Crippen molar-refractivity contribution in [2.24, 2.45) is 0 Å². The van der Waals surface area contributed by atoms with Gasteiger partial charge in [-0.3, -0.25) is 4.79 Å². The molecule has 0 radical (unpaired) electrons. The van der Waals surface area contributed by atoms with Gasteiger partial charge in [-0.2, -0.15) is 4.31 Å². The van der Waals surface area contributed by atoms with Gasteiger partial charge in [-0.25, -0.2) is 8.42 Å². The number of hydrogen-bond acceptors (Lipinski definition) is 5. The largest absolute Gasteiger partial charge is 0.469 e. The van der Waals surface area contributed by atoms with Gasteiger partial charge in [0.2, 0.25) is 10.0 Å². The Morgan fingerprint density at radius 3 is 2.60 bits per heavy atom. The third-order valence-electron chi connectivity index (χ3n) is 4.10. The maximum Gasteiger partial charge on any atom is 0.255 e. The van der Waals surface area contributed by atoms with Crippen LogP contribution in [0.2, 0.25) is 0 Å². The third kappa shape index (κ3) is 3.76. The molecule has 25 heavy (non-hydrogen) atoms. The second kappa shape index (κ2) is 7.38. The van der Waals surface area contributed by atoms with Crippen molar-refractivity contribution < 1.29 is 22.4 Å². The lowest BCUT2D eigenvalue weighted by Gasteiger charge is -2.27. The molecule has 134 valence electrons. The molecule has 1 aliphatic heterocycles. The summed E-state index contributed by atoms with van der Waals surface area (Å²) in [5.74, 6) is 0.219. The number of morpholine rings is 1. The van der Waals surface area contributed by atoms with Crippen molar-refractivity contribution in [3.63, 3.8) is 0 Å². The molecule has 2 heterocycles. The van der Waals surface area contributed by atoms with Crippen LogP contribution < -0.4 is 5.32 Å². The smallest absolute Gasteiger partial charge is 0.255 e. The molecule has 3 rings (SSSR count). The number of nitrogens with zero attached hydrogens (tertiary/aromatic N) is 1. The highest BCUT2D eigenvalue weighted by Crippen LogP contribution is 2.21. The molecular formula is C17H20N2O5S. The molecule has 1 saturated heterocycles. The van der Waals surface area contributed by atoms with Crippen molar-refractivity contribution >= 4 is 15.9 Å². The van der Waals surface area contributed by atoms with Crippen LogP contribution in [0.5, 0.6) is 0 Å². The highest BCUT2D eigenvalue weighted by molar-refractivity contribution is 7.89. The molecule has 1 amide bonds. The number of furan rings is 1. The van der Waals surface area contributed by atoms with Gasteiger partial charge in [0.1, 0.15) is 5.76 Å². The number of hydrogen-bond donors (Lipinski definition) is 1. The first kappa shape index (κ1) is 17.7. The Balaban J connectivity index is 1.79. The normalized spacial score (nSPS) is 15.9. The summed E-state index contributed by atoms with van der Waals surface area (Å²) in [4.78, 5) is 12.4. The number of ether oxygens (including phenoxy) is 1. The van der Waals surface area contributed by atoms with E-state index in [9.17, 15) is 13.2 Å². The number of sulfonamides is 1. The lowest BCUT2D eigenvalue weighted by molar-refractivity contribution is 0.0730. The summed E-state index contributed by atoms with van der Waals surface area (Å²) >= 11 is 0. The van der Waals surface area contributed by atoms with E-state index in [4.69, 9.17) is 9.15 Å². The van der Waals surface area contributed by atoms with Crippen molar-refractivity contribution in [2.75, 3.05) is 26.3 Å². The van der Waals surface area contributed by atoms with Gasteiger partial charge in [0.15, 0.2) is 0 Å². The average Bonchev–Trinajstić information content (AvgIpc) is 3.07. The predicted octanol–water partition coefficient (Wildman–Crippen LogP) is 1.54. The van der Waals surface area contributed by atoms with Crippen LogP contribution in [-0.2, 0) is 21.3 Å². The molecule has 0 atom stereocenters. The fourth-order valence-corrected chi connectivity index (χ4v) is 4.35. The Labute approximate surface area is 146 Å². The molecule has 0 bridgehead atoms. The van der Waals surface area contributed by atoms with E-state index in [2.05, 4.69) is 5.32 Å². The fourth-order valence-electron chi connectivity index (χ4n) is 2.72. The molecule has 1 aromatic carbocycles. The van der Waals surface area contributed by atoms with E-state index in [1.165, 1.54) is 10.6 Å². The van der Waals surface area contributed by atoms with E-state index >= 15 is 0 Å². The summed E-state index contributed by atoms with van der Waals surface area (Å²) in [7, 11) is -3.62. The van der Waals surface area contributed by atoms with Crippen molar-refractivity contribution in [1.82, 2.24) is 9.62 Å². The van der Waals surface area contributed by atoms with Gasteiger partial charge in [-0.15, -0.1) is 0 Å². The first-order valence-corrected chi connectivity index (χ1v) is 9.42. The second-order valence-corrected chi connectivity index (χ2v) is 7.60. The van der Waals surface area contributed by atoms with Gasteiger partial charge in [-0.05, 0) is 24.6 Å². The molecule has 1 N–H and O–H groups in total. The Morgan fingerprint density at radius 1 is 1.20 bits per heavy atom. The molecule has 0 saturated carbocycles. The van der Waals surface area contributed by atoms with Gasteiger partial charge in [0.05, 0.1) is 29.9 Å². The lowest BCUT2D eigenvalue weighted by Crippen LogP contribution is -2.41. The van der Waals surface area contributed by atoms with Crippen LogP contribution in [0.3, 0.4) is 0 Å². The molecule has 0 aliphatic carbocycles. The van der Waals surface area contributed by atoms with Crippen LogP contribution >= 0.6 is 0 Å². The molecule has 1 aliphatic rings. The summed E-state index contributed by atoms with van der Waals surface area (Å²) in [5, 5.41) is 2.75. The molecule has 1 aromatic heterocycles. The third-order valence-corrected chi connectivity index (χ3v) is 6.10. The highest BCUT2D eigenvalue weighted by Gasteiger charge is 2.28. The van der Waals surface area contributed by atoms with E-state index in [1.807, 2.05) is 0 Å². The quantitative estimate of drug-likeness (QED) is 0.869. The first-order chi connectivity index (χ1) is 12.0. The predicted molar refractivity (Wildman–Crippen MR) is 90.6 cm³/mol. The topological polar surface area (TPSA) is 88.8 Å². The fraction of sp³-hybridized carbons (Fsp3) is 0.353. The summed E-state index contributed by atoms with van der Waals surface area (Å²) in [6.07, 6.45) is 1.45. The van der Waals surface area contributed by atoms with Crippen LogP contribution in [0.4, 0.5) is 0 Å². The number of rotatable bonds is 5. The van der Waals surface area contributed by atoms with Crippen LogP contribution in [0.1, 0.15) is 21.7 Å². The van der Waals surface area contributed by atoms with E-state index < -0.39 is 10.0 Å². The minimum absolute atomic E-state index is 0.114. The van der Waals surface area contributed by atoms with Crippen molar-refractivity contribution in [3.8, 4) is 0 Å². The minimum atomic E-state index is -3.62. The van der Waals surface area contributed by atoms with Gasteiger partial charge in [-0.1, -0.05) is 18.2 Å². The van der Waals surface area contributed by atoms with Crippen molar-refractivity contribution in [1.29, 1.82) is 0 Å². The number of carbonyl (C=O) groups is 1. The Morgan fingerprint density at radius 2 is 1.92 bits per heavy atom. The SMILES string of the molecule is Cc1occc1C(=O)NCc1ccccc1S(=O)(=O)N1CCOCC1. The van der Waals surface area contributed by atoms with Crippen molar-refractivity contribution in [2.45, 2.75) is 18.4 Å². The molecule has 0 unspecified atom stereocenters. The summed E-state index contributed by atoms with van der Waals surface area (Å²) < 4.78 is 37.5. The monoisotopic (exact) mass is 364 g/mol. The van der Waals surface area contributed by atoms with Crippen LogP contribution in [0, 0.1) is 6.92 Å². The molecule has 0 spiro atoms. The zero-order valence-corrected chi connectivity index (χ0v) is 14.7. The number of amides is 1. The van der Waals surface area contributed by atoms with Gasteiger partial charge in [0, 0.05) is 19.6 Å². The van der Waals surface area contributed by atoms with E-state index in [0.717, 1.165) is 0 Å². The number of carbonyl (C=O) groups excluding carboxylic acids is 1. The van der Waals surface area contributed by atoms with Gasteiger partial charge in [0.25, 0.3) is 5.91 Å². The second-order valence-electron chi connectivity index (χ2n) is 5.70. The minimum Gasteiger partial charge on any atom is -0.469 e. The summed E-state index contributed by atoms with van der Waals surface area (Å²) in [6, 6.07) is 8.29.